The predicted molar refractivity (Wildman–Crippen MR) is 172 cm³/mol. The molecule has 0 bridgehead atoms. The topological polar surface area (TPSA) is 163 Å². The molecule has 1 amide bonds. The van der Waals surface area contributed by atoms with Gasteiger partial charge in [-0.25, -0.2) is 22.9 Å². The maximum atomic E-state index is 13.4. The average Bonchev–Trinajstić information content (AvgIpc) is 2.88. The van der Waals surface area contributed by atoms with Crippen molar-refractivity contribution >= 4 is 32.2 Å². The molecular formula is C31H42N4O8S2. The van der Waals surface area contributed by atoms with Gasteiger partial charge in [0.05, 0.1) is 29.5 Å². The summed E-state index contributed by atoms with van der Waals surface area (Å²) < 4.78 is 68.3. The zero-order valence-electron chi connectivity index (χ0n) is 26.9. The van der Waals surface area contributed by atoms with E-state index in [1.807, 2.05) is 45.9 Å². The fourth-order valence-electron chi connectivity index (χ4n) is 4.45. The van der Waals surface area contributed by atoms with Crippen molar-refractivity contribution in [3.05, 3.63) is 65.2 Å². The summed E-state index contributed by atoms with van der Waals surface area (Å²) in [6, 6.07) is 12.6. The van der Waals surface area contributed by atoms with Crippen LogP contribution in [-0.2, 0) is 35.7 Å². The lowest BCUT2D eigenvalue weighted by Crippen LogP contribution is -2.42. The highest BCUT2D eigenvalue weighted by atomic mass is 32.2. The predicted octanol–water partition coefficient (Wildman–Crippen LogP) is 5.36. The van der Waals surface area contributed by atoms with E-state index in [9.17, 15) is 21.6 Å². The first kappa shape index (κ1) is 35.7. The van der Waals surface area contributed by atoms with Gasteiger partial charge in [-0.15, -0.1) is 0 Å². The number of aromatic nitrogens is 2. The third-order valence-electron chi connectivity index (χ3n) is 6.22. The van der Waals surface area contributed by atoms with Gasteiger partial charge in [-0.2, -0.15) is 13.4 Å². The molecule has 1 aromatic heterocycles. The van der Waals surface area contributed by atoms with Crippen molar-refractivity contribution in [1.29, 1.82) is 0 Å². The van der Waals surface area contributed by atoms with Crippen LogP contribution in [0.2, 0.25) is 0 Å². The SMILES string of the molecule is Cc1cccc(C)c1-c1cc(OC[C@@H](CC(C)C)NC(=O)OC(C)(C)C)nc(NS(=O)(=O)c2cccc(COS(C)(=O)=O)c2)n1. The number of sulfonamides is 1. The number of ether oxygens (including phenoxy) is 2. The number of nitrogens with one attached hydrogen (secondary N) is 2. The largest absolute Gasteiger partial charge is 0.475 e. The monoisotopic (exact) mass is 662 g/mol. The van der Waals surface area contributed by atoms with Crippen molar-refractivity contribution in [2.24, 2.45) is 5.92 Å². The number of hydrogen-bond donors (Lipinski definition) is 2. The van der Waals surface area contributed by atoms with Gasteiger partial charge in [0.25, 0.3) is 20.1 Å². The zero-order chi connectivity index (χ0) is 33.6. The van der Waals surface area contributed by atoms with E-state index in [2.05, 4.69) is 20.0 Å². The molecule has 2 N–H and O–H groups in total. The highest BCUT2D eigenvalue weighted by molar-refractivity contribution is 7.92. The van der Waals surface area contributed by atoms with Crippen molar-refractivity contribution in [3.63, 3.8) is 0 Å². The molecule has 0 radical (unpaired) electrons. The maximum absolute atomic E-state index is 13.4. The summed E-state index contributed by atoms with van der Waals surface area (Å²) in [5, 5.41) is 2.85. The number of aryl methyl sites for hydroxylation is 2. The van der Waals surface area contributed by atoms with Crippen LogP contribution >= 0.6 is 0 Å². The molecule has 45 heavy (non-hydrogen) atoms. The Kier molecular flexibility index (Phi) is 11.6. The minimum atomic E-state index is -4.22. The Morgan fingerprint density at radius 2 is 1.60 bits per heavy atom. The maximum Gasteiger partial charge on any atom is 0.407 e. The smallest absolute Gasteiger partial charge is 0.407 e. The van der Waals surface area contributed by atoms with E-state index >= 15 is 0 Å². The second-order valence-corrected chi connectivity index (χ2v) is 15.5. The van der Waals surface area contributed by atoms with Crippen molar-refractivity contribution in [3.8, 4) is 17.1 Å². The first-order valence-corrected chi connectivity index (χ1v) is 17.7. The quantitative estimate of drug-likeness (QED) is 0.228. The molecule has 0 aliphatic carbocycles. The van der Waals surface area contributed by atoms with Crippen LogP contribution in [0.15, 0.2) is 53.4 Å². The number of carbonyl (C=O) groups is 1. The van der Waals surface area contributed by atoms with E-state index < -0.39 is 37.9 Å². The Bertz CT molecular complexity index is 1700. The molecule has 0 spiro atoms. The molecule has 0 fully saturated rings. The van der Waals surface area contributed by atoms with Crippen molar-refractivity contribution in [1.82, 2.24) is 15.3 Å². The first-order chi connectivity index (χ1) is 20.8. The highest BCUT2D eigenvalue weighted by Crippen LogP contribution is 2.29. The van der Waals surface area contributed by atoms with Crippen LogP contribution in [0.4, 0.5) is 10.7 Å². The highest BCUT2D eigenvalue weighted by Gasteiger charge is 2.23. The molecule has 0 aliphatic rings. The molecule has 0 aliphatic heterocycles. The van der Waals surface area contributed by atoms with E-state index in [1.165, 1.54) is 18.2 Å². The number of anilines is 1. The number of hydrogen-bond acceptors (Lipinski definition) is 10. The minimum Gasteiger partial charge on any atom is -0.475 e. The Labute approximate surface area is 266 Å². The fraction of sp³-hybridized carbons (Fsp3) is 0.452. The Morgan fingerprint density at radius 3 is 2.20 bits per heavy atom. The molecule has 2 aromatic carbocycles. The van der Waals surface area contributed by atoms with E-state index in [0.29, 0.717) is 17.7 Å². The lowest BCUT2D eigenvalue weighted by Gasteiger charge is -2.24. The van der Waals surface area contributed by atoms with Crippen LogP contribution in [0.5, 0.6) is 5.88 Å². The number of benzene rings is 2. The lowest BCUT2D eigenvalue weighted by atomic mass is 10.00. The zero-order valence-corrected chi connectivity index (χ0v) is 28.5. The van der Waals surface area contributed by atoms with Crippen LogP contribution in [-0.4, -0.2) is 57.4 Å². The van der Waals surface area contributed by atoms with Gasteiger partial charge in [0.2, 0.25) is 11.8 Å². The molecular weight excluding hydrogens is 620 g/mol. The number of alkyl carbamates (subject to hydrolysis) is 1. The second-order valence-electron chi connectivity index (χ2n) is 12.2. The molecule has 1 atom stereocenters. The van der Waals surface area contributed by atoms with Crippen LogP contribution in [0.25, 0.3) is 11.3 Å². The van der Waals surface area contributed by atoms with E-state index in [-0.39, 0.29) is 35.9 Å². The number of rotatable bonds is 13. The fourth-order valence-corrected chi connectivity index (χ4v) is 5.81. The van der Waals surface area contributed by atoms with Crippen molar-refractivity contribution in [2.75, 3.05) is 17.6 Å². The van der Waals surface area contributed by atoms with Gasteiger partial charge in [-0.1, -0.05) is 44.2 Å². The normalized spacial score (nSPS) is 12.9. The lowest BCUT2D eigenvalue weighted by molar-refractivity contribution is 0.0479. The van der Waals surface area contributed by atoms with E-state index in [4.69, 9.17) is 13.7 Å². The average molecular weight is 663 g/mol. The molecule has 0 unspecified atom stereocenters. The summed E-state index contributed by atoms with van der Waals surface area (Å²) >= 11 is 0. The summed E-state index contributed by atoms with van der Waals surface area (Å²) in [6.45, 7) is 12.9. The molecule has 0 saturated heterocycles. The van der Waals surface area contributed by atoms with Gasteiger partial charge in [-0.3, -0.25) is 4.18 Å². The van der Waals surface area contributed by atoms with Crippen LogP contribution in [0.1, 0.15) is 57.7 Å². The van der Waals surface area contributed by atoms with Gasteiger partial charge in [0, 0.05) is 11.6 Å². The van der Waals surface area contributed by atoms with Crippen LogP contribution < -0.4 is 14.8 Å². The van der Waals surface area contributed by atoms with Gasteiger partial charge in [-0.05, 0) is 75.8 Å². The Balaban J connectivity index is 1.96. The number of carbonyl (C=O) groups excluding carboxylic acids is 1. The molecule has 3 rings (SSSR count). The Hall–Kier alpha value is -3.75. The van der Waals surface area contributed by atoms with Gasteiger partial charge in [0.15, 0.2) is 0 Å². The molecule has 0 saturated carbocycles. The van der Waals surface area contributed by atoms with E-state index in [0.717, 1.165) is 22.9 Å². The van der Waals surface area contributed by atoms with Crippen molar-refractivity contribution in [2.45, 2.75) is 78.0 Å². The van der Waals surface area contributed by atoms with Gasteiger partial charge in [0.1, 0.15) is 12.2 Å². The molecule has 14 heteroatoms. The molecule has 246 valence electrons. The first-order valence-electron chi connectivity index (χ1n) is 14.4. The van der Waals surface area contributed by atoms with Gasteiger partial charge < -0.3 is 14.8 Å². The molecule has 1 heterocycles. The number of nitrogens with zero attached hydrogens (tertiary/aromatic N) is 2. The second kappa shape index (κ2) is 14.6. The standard InChI is InChI=1S/C31H42N4O8S2/c1-20(2)15-24(32-30(36)43-31(5,6)7)19-41-27-17-26(28-21(3)11-9-12-22(28)4)33-29(34-27)35-45(39,40)25-14-10-13-23(16-25)18-42-44(8,37)38/h9-14,16-17,20,24H,15,18-19H2,1-8H3,(H,32,36)(H,33,34,35)/t24-/m1/s1. The van der Waals surface area contributed by atoms with E-state index in [1.54, 1.807) is 32.9 Å². The molecule has 3 aromatic rings. The third-order valence-corrected chi connectivity index (χ3v) is 8.10. The summed E-state index contributed by atoms with van der Waals surface area (Å²) in [5.41, 5.74) is 2.71. The number of amides is 1. The van der Waals surface area contributed by atoms with Crippen LogP contribution in [0.3, 0.4) is 0 Å². The van der Waals surface area contributed by atoms with Gasteiger partial charge >= 0.3 is 6.09 Å². The summed E-state index contributed by atoms with van der Waals surface area (Å²) in [4.78, 5) is 21.2. The summed E-state index contributed by atoms with van der Waals surface area (Å²) in [7, 11) is -7.94. The van der Waals surface area contributed by atoms with Crippen molar-refractivity contribution < 1.29 is 35.3 Å². The Morgan fingerprint density at radius 1 is 0.956 bits per heavy atom. The van der Waals surface area contributed by atoms with Crippen LogP contribution in [0, 0.1) is 19.8 Å². The minimum absolute atomic E-state index is 0.0369. The molecule has 12 nitrogen and oxygen atoms in total. The summed E-state index contributed by atoms with van der Waals surface area (Å²) in [5.74, 6) is 0.0870. The summed E-state index contributed by atoms with van der Waals surface area (Å²) in [6.07, 6.45) is 0.925. The third kappa shape index (κ3) is 11.6.